The van der Waals surface area contributed by atoms with E-state index in [0.717, 1.165) is 0 Å². The van der Waals surface area contributed by atoms with Crippen molar-refractivity contribution in [2.75, 3.05) is 0 Å². The van der Waals surface area contributed by atoms with Crippen molar-refractivity contribution in [1.82, 2.24) is 0 Å². The molecule has 1 unspecified atom stereocenters. The third kappa shape index (κ3) is 3.39. The quantitative estimate of drug-likeness (QED) is 0.583. The predicted octanol–water partition coefficient (Wildman–Crippen LogP) is 3.15. The van der Waals surface area contributed by atoms with Gasteiger partial charge in [-0.25, -0.2) is 0 Å². The highest BCUT2D eigenvalue weighted by atomic mass is 14.9. The Morgan fingerprint density at radius 3 is 2.20 bits per heavy atom. The summed E-state index contributed by atoms with van der Waals surface area (Å²) in [7, 11) is 0. The molecule has 2 N–H and O–H groups in total. The molecule has 0 saturated heterocycles. The van der Waals surface area contributed by atoms with Gasteiger partial charge in [0.25, 0.3) is 0 Å². The second kappa shape index (κ2) is 4.47. The molecular formula is C13H20N2. The van der Waals surface area contributed by atoms with E-state index in [4.69, 9.17) is 5.73 Å². The van der Waals surface area contributed by atoms with E-state index in [1.807, 2.05) is 18.2 Å². The van der Waals surface area contributed by atoms with Crippen LogP contribution in [0.15, 0.2) is 35.3 Å². The first-order valence-corrected chi connectivity index (χ1v) is 5.30. The zero-order chi connectivity index (χ0) is 11.5. The van der Waals surface area contributed by atoms with Crippen molar-refractivity contribution in [3.63, 3.8) is 0 Å². The van der Waals surface area contributed by atoms with Gasteiger partial charge in [0, 0.05) is 5.41 Å². The molecule has 0 aliphatic carbocycles. The Balaban J connectivity index is 2.84. The third-order valence-electron chi connectivity index (χ3n) is 2.38. The second-order valence-corrected chi connectivity index (χ2v) is 4.85. The van der Waals surface area contributed by atoms with Gasteiger partial charge in [-0.3, -0.25) is 4.99 Å². The van der Waals surface area contributed by atoms with Crippen LogP contribution in [-0.4, -0.2) is 5.84 Å². The molecule has 0 aliphatic heterocycles. The standard InChI is InChI=1S/C13H20N2/c1-10(11-8-6-5-7-9-11)15-12(14)13(2,3)4/h5-10H,1-4H3,(H2,14,15). The fraction of sp³-hybridized carbons (Fsp3) is 0.462. The summed E-state index contributed by atoms with van der Waals surface area (Å²) in [4.78, 5) is 4.51. The maximum Gasteiger partial charge on any atom is 0.0998 e. The highest BCUT2D eigenvalue weighted by molar-refractivity contribution is 5.85. The minimum Gasteiger partial charge on any atom is -0.387 e. The van der Waals surface area contributed by atoms with Gasteiger partial charge in [-0.05, 0) is 12.5 Å². The minimum absolute atomic E-state index is 0.0525. The van der Waals surface area contributed by atoms with Gasteiger partial charge in [-0.1, -0.05) is 51.1 Å². The van der Waals surface area contributed by atoms with E-state index in [2.05, 4.69) is 44.8 Å². The summed E-state index contributed by atoms with van der Waals surface area (Å²) in [6.45, 7) is 8.28. The van der Waals surface area contributed by atoms with Crippen molar-refractivity contribution < 1.29 is 0 Å². The van der Waals surface area contributed by atoms with E-state index >= 15 is 0 Å². The SMILES string of the molecule is CC(N=C(N)C(C)(C)C)c1ccccc1. The summed E-state index contributed by atoms with van der Waals surface area (Å²) in [5, 5.41) is 0. The number of aliphatic imine (C=N–C) groups is 1. The van der Waals surface area contributed by atoms with Crippen LogP contribution >= 0.6 is 0 Å². The maximum atomic E-state index is 5.94. The molecule has 2 heteroatoms. The molecular weight excluding hydrogens is 184 g/mol. The lowest BCUT2D eigenvalue weighted by molar-refractivity contribution is 0.575. The second-order valence-electron chi connectivity index (χ2n) is 4.85. The number of benzene rings is 1. The first-order valence-electron chi connectivity index (χ1n) is 5.30. The molecule has 1 rings (SSSR count). The van der Waals surface area contributed by atoms with Crippen LogP contribution in [0.1, 0.15) is 39.3 Å². The molecule has 1 aromatic rings. The largest absolute Gasteiger partial charge is 0.387 e. The van der Waals surface area contributed by atoms with Crippen molar-refractivity contribution >= 4 is 5.84 Å². The molecule has 0 saturated carbocycles. The highest BCUT2D eigenvalue weighted by Crippen LogP contribution is 2.20. The van der Waals surface area contributed by atoms with Crippen molar-refractivity contribution in [3.05, 3.63) is 35.9 Å². The van der Waals surface area contributed by atoms with Crippen LogP contribution in [0.3, 0.4) is 0 Å². The maximum absolute atomic E-state index is 5.94. The van der Waals surface area contributed by atoms with Gasteiger partial charge in [-0.2, -0.15) is 0 Å². The lowest BCUT2D eigenvalue weighted by Crippen LogP contribution is -2.29. The summed E-state index contributed by atoms with van der Waals surface area (Å²) >= 11 is 0. The topological polar surface area (TPSA) is 38.4 Å². The van der Waals surface area contributed by atoms with E-state index in [1.54, 1.807) is 0 Å². The van der Waals surface area contributed by atoms with Gasteiger partial charge in [0.2, 0.25) is 0 Å². The number of rotatable bonds is 2. The smallest absolute Gasteiger partial charge is 0.0998 e. The lowest BCUT2D eigenvalue weighted by Gasteiger charge is -2.19. The molecule has 0 aromatic heterocycles. The Morgan fingerprint density at radius 2 is 1.73 bits per heavy atom. The Hall–Kier alpha value is -1.31. The molecule has 0 bridgehead atoms. The normalized spacial score (nSPS) is 15.1. The van der Waals surface area contributed by atoms with Gasteiger partial charge in [0.15, 0.2) is 0 Å². The third-order valence-corrected chi connectivity index (χ3v) is 2.38. The van der Waals surface area contributed by atoms with E-state index in [-0.39, 0.29) is 11.5 Å². The molecule has 2 nitrogen and oxygen atoms in total. The fourth-order valence-electron chi connectivity index (χ4n) is 1.21. The first kappa shape index (κ1) is 11.8. The van der Waals surface area contributed by atoms with Gasteiger partial charge in [0.05, 0.1) is 11.9 Å². The van der Waals surface area contributed by atoms with E-state index in [9.17, 15) is 0 Å². The molecule has 0 fully saturated rings. The average molecular weight is 204 g/mol. The van der Waals surface area contributed by atoms with Crippen LogP contribution in [0, 0.1) is 5.41 Å². The molecule has 0 amide bonds. The average Bonchev–Trinajstić information content (AvgIpc) is 2.17. The van der Waals surface area contributed by atoms with Crippen LogP contribution in [0.2, 0.25) is 0 Å². The predicted molar refractivity (Wildman–Crippen MR) is 65.9 cm³/mol. The van der Waals surface area contributed by atoms with Gasteiger partial charge in [0.1, 0.15) is 0 Å². The van der Waals surface area contributed by atoms with Crippen LogP contribution in [0.4, 0.5) is 0 Å². The monoisotopic (exact) mass is 204 g/mol. The van der Waals surface area contributed by atoms with Crippen molar-refractivity contribution in [1.29, 1.82) is 0 Å². The van der Waals surface area contributed by atoms with E-state index < -0.39 is 0 Å². The van der Waals surface area contributed by atoms with E-state index in [0.29, 0.717) is 5.84 Å². The van der Waals surface area contributed by atoms with Crippen molar-refractivity contribution in [2.45, 2.75) is 33.7 Å². The molecule has 82 valence electrons. The van der Waals surface area contributed by atoms with Crippen LogP contribution in [-0.2, 0) is 0 Å². The summed E-state index contributed by atoms with van der Waals surface area (Å²) in [5.41, 5.74) is 7.09. The van der Waals surface area contributed by atoms with Crippen LogP contribution in [0.5, 0.6) is 0 Å². The first-order chi connectivity index (χ1) is 6.91. The molecule has 1 atom stereocenters. The number of nitrogens with zero attached hydrogens (tertiary/aromatic N) is 1. The fourth-order valence-corrected chi connectivity index (χ4v) is 1.21. The lowest BCUT2D eigenvalue weighted by atomic mass is 9.95. The number of amidine groups is 1. The molecule has 15 heavy (non-hydrogen) atoms. The molecule has 0 radical (unpaired) electrons. The highest BCUT2D eigenvalue weighted by Gasteiger charge is 2.16. The van der Waals surface area contributed by atoms with Crippen molar-refractivity contribution in [2.24, 2.45) is 16.1 Å². The Bertz CT molecular complexity index is 333. The number of nitrogens with two attached hydrogens (primary N) is 1. The van der Waals surface area contributed by atoms with Crippen LogP contribution in [0.25, 0.3) is 0 Å². The molecule has 0 spiro atoms. The van der Waals surface area contributed by atoms with Gasteiger partial charge >= 0.3 is 0 Å². The minimum atomic E-state index is -0.0525. The molecule has 0 heterocycles. The molecule has 1 aromatic carbocycles. The van der Waals surface area contributed by atoms with Gasteiger partial charge < -0.3 is 5.73 Å². The zero-order valence-corrected chi connectivity index (χ0v) is 9.99. The van der Waals surface area contributed by atoms with Gasteiger partial charge in [-0.15, -0.1) is 0 Å². The Morgan fingerprint density at radius 1 is 1.20 bits per heavy atom. The summed E-state index contributed by atoms with van der Waals surface area (Å²) in [5.74, 6) is 0.707. The summed E-state index contributed by atoms with van der Waals surface area (Å²) in [6.07, 6.45) is 0. The number of hydrogen-bond acceptors (Lipinski definition) is 1. The molecule has 0 aliphatic rings. The van der Waals surface area contributed by atoms with Crippen molar-refractivity contribution in [3.8, 4) is 0 Å². The van der Waals surface area contributed by atoms with Crippen LogP contribution < -0.4 is 5.73 Å². The summed E-state index contributed by atoms with van der Waals surface area (Å²) in [6, 6.07) is 10.3. The Kier molecular flexibility index (Phi) is 3.51. The summed E-state index contributed by atoms with van der Waals surface area (Å²) < 4.78 is 0. The Labute approximate surface area is 92.2 Å². The zero-order valence-electron chi connectivity index (χ0n) is 9.99. The van der Waals surface area contributed by atoms with E-state index in [1.165, 1.54) is 5.56 Å². The number of hydrogen-bond donors (Lipinski definition) is 1.